The minimum Gasteiger partial charge on any atom is -0.493 e. The summed E-state index contributed by atoms with van der Waals surface area (Å²) in [6.07, 6.45) is 0. The van der Waals surface area contributed by atoms with E-state index in [-0.39, 0.29) is 24.6 Å². The Morgan fingerprint density at radius 1 is 1.00 bits per heavy atom. The maximum absolute atomic E-state index is 13.3. The molecule has 4 rings (SSSR count). The molecule has 0 saturated heterocycles. The van der Waals surface area contributed by atoms with Crippen LogP contribution in [-0.4, -0.2) is 25.7 Å². The van der Waals surface area contributed by atoms with Crippen LogP contribution in [0.5, 0.6) is 11.5 Å². The first-order valence-corrected chi connectivity index (χ1v) is 11.1. The number of urea groups is 1. The average molecular weight is 477 g/mol. The molecule has 180 valence electrons. The first-order valence-electron chi connectivity index (χ1n) is 11.1. The largest absolute Gasteiger partial charge is 0.493 e. The molecule has 1 unspecified atom stereocenters. The van der Waals surface area contributed by atoms with E-state index < -0.39 is 18.0 Å². The maximum atomic E-state index is 13.3. The monoisotopic (exact) mass is 476 g/mol. The van der Waals surface area contributed by atoms with Gasteiger partial charge < -0.3 is 24.8 Å². The second-order valence-corrected chi connectivity index (χ2v) is 7.70. The maximum Gasteiger partial charge on any atom is 0.338 e. The number of rotatable bonds is 8. The minimum absolute atomic E-state index is 0.122. The Balaban J connectivity index is 1.82. The van der Waals surface area contributed by atoms with E-state index in [1.165, 1.54) is 19.2 Å². The van der Waals surface area contributed by atoms with E-state index in [9.17, 15) is 14.0 Å². The van der Waals surface area contributed by atoms with Crippen LogP contribution in [0.25, 0.3) is 5.70 Å². The number of carbonyl (C=O) groups is 2. The number of hydrogen-bond donors (Lipinski definition) is 2. The fraction of sp³-hybridized carbons (Fsp3) is 0.185. The zero-order valence-corrected chi connectivity index (χ0v) is 19.3. The summed E-state index contributed by atoms with van der Waals surface area (Å²) >= 11 is 0. The lowest BCUT2D eigenvalue weighted by atomic mass is 9.92. The van der Waals surface area contributed by atoms with Crippen molar-refractivity contribution in [2.24, 2.45) is 0 Å². The normalized spacial score (nSPS) is 15.2. The molecule has 3 aromatic rings. The summed E-state index contributed by atoms with van der Waals surface area (Å²) in [4.78, 5) is 25.9. The van der Waals surface area contributed by atoms with Gasteiger partial charge in [0.05, 0.1) is 31.0 Å². The summed E-state index contributed by atoms with van der Waals surface area (Å²) in [5.41, 5.74) is 2.50. The Hall–Kier alpha value is -4.33. The van der Waals surface area contributed by atoms with E-state index in [0.717, 1.165) is 5.56 Å². The van der Waals surface area contributed by atoms with Gasteiger partial charge in [0, 0.05) is 5.56 Å². The van der Waals surface area contributed by atoms with E-state index >= 15 is 0 Å². The van der Waals surface area contributed by atoms with Gasteiger partial charge in [-0.05, 0) is 36.2 Å². The molecule has 0 saturated carbocycles. The van der Waals surface area contributed by atoms with E-state index in [1.54, 1.807) is 49.4 Å². The fourth-order valence-corrected chi connectivity index (χ4v) is 3.87. The molecule has 35 heavy (non-hydrogen) atoms. The van der Waals surface area contributed by atoms with Crippen molar-refractivity contribution in [1.29, 1.82) is 0 Å². The first kappa shape index (κ1) is 23.8. The SMILES string of the molecule is CCOC(=O)C1=C(c2ccccc2)NC(=O)NC1c1cccc(OC)c1OCc1ccc(F)cc1. The third-order valence-corrected chi connectivity index (χ3v) is 5.47. The summed E-state index contributed by atoms with van der Waals surface area (Å²) in [5.74, 6) is -0.152. The van der Waals surface area contributed by atoms with Crippen molar-refractivity contribution in [3.05, 3.63) is 101 Å². The van der Waals surface area contributed by atoms with Crippen LogP contribution in [0, 0.1) is 5.82 Å². The third kappa shape index (κ3) is 5.27. The Bertz CT molecular complexity index is 1240. The molecule has 3 aromatic carbocycles. The van der Waals surface area contributed by atoms with E-state index in [2.05, 4.69) is 10.6 Å². The molecule has 1 heterocycles. The topological polar surface area (TPSA) is 85.9 Å². The molecule has 8 heteroatoms. The highest BCUT2D eigenvalue weighted by atomic mass is 19.1. The Labute approximate surface area is 202 Å². The van der Waals surface area contributed by atoms with Crippen molar-refractivity contribution >= 4 is 17.7 Å². The molecular weight excluding hydrogens is 451 g/mol. The van der Waals surface area contributed by atoms with Gasteiger partial charge in [0.15, 0.2) is 11.5 Å². The molecule has 7 nitrogen and oxygen atoms in total. The predicted molar refractivity (Wildman–Crippen MR) is 128 cm³/mol. The lowest BCUT2D eigenvalue weighted by molar-refractivity contribution is -0.138. The highest BCUT2D eigenvalue weighted by molar-refractivity contribution is 6.04. The molecular formula is C27H25FN2O5. The predicted octanol–water partition coefficient (Wildman–Crippen LogP) is 4.74. The average Bonchev–Trinajstić information content (AvgIpc) is 2.88. The molecule has 0 spiro atoms. The number of carbonyl (C=O) groups excluding carboxylic acids is 2. The van der Waals surface area contributed by atoms with Gasteiger partial charge in [-0.1, -0.05) is 54.6 Å². The molecule has 1 aliphatic heterocycles. The number of hydrogen-bond acceptors (Lipinski definition) is 5. The molecule has 0 aliphatic carbocycles. The third-order valence-electron chi connectivity index (χ3n) is 5.47. The molecule has 2 amide bonds. The van der Waals surface area contributed by atoms with Crippen molar-refractivity contribution in [2.75, 3.05) is 13.7 Å². The van der Waals surface area contributed by atoms with Crippen molar-refractivity contribution in [3.8, 4) is 11.5 Å². The second kappa shape index (κ2) is 10.7. The molecule has 1 atom stereocenters. The summed E-state index contributed by atoms with van der Waals surface area (Å²) in [6, 6.07) is 18.9. The lowest BCUT2D eigenvalue weighted by Crippen LogP contribution is -2.45. The van der Waals surface area contributed by atoms with E-state index in [4.69, 9.17) is 14.2 Å². The van der Waals surface area contributed by atoms with Crippen LogP contribution < -0.4 is 20.1 Å². The zero-order chi connectivity index (χ0) is 24.8. The van der Waals surface area contributed by atoms with Crippen LogP contribution in [0.15, 0.2) is 78.4 Å². The van der Waals surface area contributed by atoms with Crippen molar-refractivity contribution in [2.45, 2.75) is 19.6 Å². The first-order chi connectivity index (χ1) is 17.0. The number of amides is 2. The number of nitrogens with one attached hydrogen (secondary N) is 2. The van der Waals surface area contributed by atoms with Gasteiger partial charge in [0.2, 0.25) is 0 Å². The Morgan fingerprint density at radius 3 is 2.43 bits per heavy atom. The Kier molecular flexibility index (Phi) is 7.30. The number of ether oxygens (including phenoxy) is 3. The number of benzene rings is 3. The summed E-state index contributed by atoms with van der Waals surface area (Å²) in [5, 5.41) is 5.58. The number of para-hydroxylation sites is 1. The Morgan fingerprint density at radius 2 is 1.74 bits per heavy atom. The molecule has 0 radical (unpaired) electrons. The van der Waals surface area contributed by atoms with Crippen LogP contribution in [0.2, 0.25) is 0 Å². The summed E-state index contributed by atoms with van der Waals surface area (Å²) in [6.45, 7) is 2.00. The van der Waals surface area contributed by atoms with Crippen LogP contribution in [0.3, 0.4) is 0 Å². The number of halogens is 1. The highest BCUT2D eigenvalue weighted by Gasteiger charge is 2.36. The molecule has 0 fully saturated rings. The van der Waals surface area contributed by atoms with Gasteiger partial charge in [0.25, 0.3) is 0 Å². The molecule has 0 aromatic heterocycles. The van der Waals surface area contributed by atoms with Gasteiger partial charge in [-0.3, -0.25) is 0 Å². The van der Waals surface area contributed by atoms with Crippen molar-refractivity contribution in [3.63, 3.8) is 0 Å². The standard InChI is InChI=1S/C27H25FN2O5/c1-3-34-26(31)22-23(18-8-5-4-6-9-18)29-27(32)30-24(22)20-10-7-11-21(33-2)25(20)35-16-17-12-14-19(28)15-13-17/h4-15,24H,3,16H2,1-2H3,(H2,29,30,32). The smallest absolute Gasteiger partial charge is 0.338 e. The molecule has 2 N–H and O–H groups in total. The number of methoxy groups -OCH3 is 1. The molecule has 1 aliphatic rings. The van der Waals surface area contributed by atoms with E-state index in [1.807, 2.05) is 18.2 Å². The second-order valence-electron chi connectivity index (χ2n) is 7.70. The van der Waals surface area contributed by atoms with Crippen LogP contribution >= 0.6 is 0 Å². The molecule has 0 bridgehead atoms. The van der Waals surface area contributed by atoms with Crippen LogP contribution in [0.4, 0.5) is 9.18 Å². The summed E-state index contributed by atoms with van der Waals surface area (Å²) < 4.78 is 30.3. The van der Waals surface area contributed by atoms with Gasteiger partial charge >= 0.3 is 12.0 Å². The van der Waals surface area contributed by atoms with Gasteiger partial charge in [-0.25, -0.2) is 14.0 Å². The quantitative estimate of drug-likeness (QED) is 0.459. The van der Waals surface area contributed by atoms with Crippen molar-refractivity contribution < 1.29 is 28.2 Å². The zero-order valence-electron chi connectivity index (χ0n) is 19.3. The van der Waals surface area contributed by atoms with Gasteiger partial charge in [-0.2, -0.15) is 0 Å². The number of esters is 1. The summed E-state index contributed by atoms with van der Waals surface area (Å²) in [7, 11) is 1.50. The van der Waals surface area contributed by atoms with Crippen LogP contribution in [-0.2, 0) is 16.1 Å². The van der Waals surface area contributed by atoms with Gasteiger partial charge in [0.1, 0.15) is 12.4 Å². The van der Waals surface area contributed by atoms with E-state index in [0.29, 0.717) is 28.3 Å². The minimum atomic E-state index is -0.878. The van der Waals surface area contributed by atoms with Crippen LogP contribution in [0.1, 0.15) is 29.7 Å². The highest BCUT2D eigenvalue weighted by Crippen LogP contribution is 2.41. The fourth-order valence-electron chi connectivity index (χ4n) is 3.87. The van der Waals surface area contributed by atoms with Gasteiger partial charge in [-0.15, -0.1) is 0 Å². The lowest BCUT2D eigenvalue weighted by Gasteiger charge is -2.30. The van der Waals surface area contributed by atoms with Crippen molar-refractivity contribution in [1.82, 2.24) is 10.6 Å².